The maximum atomic E-state index is 7.31. The van der Waals surface area contributed by atoms with E-state index in [9.17, 15) is 0 Å². The minimum atomic E-state index is 0.462. The Morgan fingerprint density at radius 1 is 1.20 bits per heavy atom. The fourth-order valence-electron chi connectivity index (χ4n) is 0.961. The first kappa shape index (κ1) is 4.45. The third kappa shape index (κ3) is 0.760. The third-order valence-corrected chi connectivity index (χ3v) is 1.45. The van der Waals surface area contributed by atoms with Crippen LogP contribution in [0.2, 0.25) is 0 Å². The van der Waals surface area contributed by atoms with Crippen LogP contribution in [0.1, 0.15) is 1.37 Å². The largest absolute Gasteiger partial charge is 0.256 e. The summed E-state index contributed by atoms with van der Waals surface area (Å²) in [5, 5.41) is 1.03. The van der Waals surface area contributed by atoms with Crippen molar-refractivity contribution >= 4 is 10.9 Å². The minimum absolute atomic E-state index is 0.462. The van der Waals surface area contributed by atoms with Crippen LogP contribution in [0.4, 0.5) is 0 Å². The molecule has 0 atom stereocenters. The van der Waals surface area contributed by atoms with Crippen LogP contribution in [0.25, 0.3) is 10.9 Å². The Kier molecular flexibility index (Phi) is 0.935. The van der Waals surface area contributed by atoms with Gasteiger partial charge >= 0.3 is 0 Å². The van der Waals surface area contributed by atoms with Crippen LogP contribution in [0, 0.1) is 0 Å². The SMILES string of the molecule is [2H]c1cnc2ccccc2c1. The molecule has 0 bridgehead atoms. The molecule has 0 aliphatic rings. The molecule has 1 heteroatoms. The maximum Gasteiger partial charge on any atom is 0.0701 e. The first-order chi connectivity index (χ1) is 5.36. The van der Waals surface area contributed by atoms with E-state index in [0.29, 0.717) is 6.04 Å². The Hall–Kier alpha value is -1.37. The Labute approximate surface area is 60.7 Å². The molecule has 2 aromatic rings. The van der Waals surface area contributed by atoms with Gasteiger partial charge < -0.3 is 0 Å². The summed E-state index contributed by atoms with van der Waals surface area (Å²) in [5.74, 6) is 0. The Morgan fingerprint density at radius 2 is 2.10 bits per heavy atom. The summed E-state index contributed by atoms with van der Waals surface area (Å²) < 4.78 is 7.31. The smallest absolute Gasteiger partial charge is 0.0701 e. The minimum Gasteiger partial charge on any atom is -0.256 e. The Morgan fingerprint density at radius 3 is 3.10 bits per heavy atom. The first-order valence-corrected chi connectivity index (χ1v) is 3.18. The van der Waals surface area contributed by atoms with Gasteiger partial charge in [0.25, 0.3) is 0 Å². The van der Waals surface area contributed by atoms with Crippen molar-refractivity contribution in [2.45, 2.75) is 0 Å². The third-order valence-electron chi connectivity index (χ3n) is 1.45. The van der Waals surface area contributed by atoms with Crippen LogP contribution in [-0.2, 0) is 0 Å². The van der Waals surface area contributed by atoms with Crippen LogP contribution in [0.15, 0.2) is 42.6 Å². The predicted molar refractivity (Wildman–Crippen MR) is 41.7 cm³/mol. The average Bonchev–Trinajstić information content (AvgIpc) is 2.04. The zero-order chi connectivity index (χ0) is 7.68. The van der Waals surface area contributed by atoms with Crippen molar-refractivity contribution in [3.63, 3.8) is 0 Å². The molecule has 0 saturated heterocycles. The molecule has 0 aliphatic carbocycles. The van der Waals surface area contributed by atoms with Gasteiger partial charge in [0, 0.05) is 11.6 Å². The number of nitrogens with zero attached hydrogens (tertiary/aromatic N) is 1. The van der Waals surface area contributed by atoms with Gasteiger partial charge in [-0.1, -0.05) is 24.3 Å². The van der Waals surface area contributed by atoms with Crippen molar-refractivity contribution < 1.29 is 1.37 Å². The lowest BCUT2D eigenvalue weighted by molar-refractivity contribution is 1.41. The van der Waals surface area contributed by atoms with E-state index in [1.54, 1.807) is 6.20 Å². The second-order valence-electron chi connectivity index (χ2n) is 2.13. The summed E-state index contributed by atoms with van der Waals surface area (Å²) in [6, 6.07) is 10.1. The molecular weight excluding hydrogens is 122 g/mol. The quantitative estimate of drug-likeness (QED) is 0.533. The van der Waals surface area contributed by atoms with E-state index in [4.69, 9.17) is 1.37 Å². The summed E-state index contributed by atoms with van der Waals surface area (Å²) in [6.45, 7) is 0. The molecule has 0 amide bonds. The monoisotopic (exact) mass is 130 g/mol. The van der Waals surface area contributed by atoms with Crippen molar-refractivity contribution in [1.29, 1.82) is 0 Å². The lowest BCUT2D eigenvalue weighted by Gasteiger charge is -1.91. The predicted octanol–water partition coefficient (Wildman–Crippen LogP) is 2.23. The van der Waals surface area contributed by atoms with E-state index in [1.165, 1.54) is 0 Å². The maximum absolute atomic E-state index is 7.31. The highest BCUT2D eigenvalue weighted by Gasteiger charge is 1.86. The number of benzene rings is 1. The highest BCUT2D eigenvalue weighted by Crippen LogP contribution is 2.07. The summed E-state index contributed by atoms with van der Waals surface area (Å²) >= 11 is 0. The fraction of sp³-hybridized carbons (Fsp3) is 0. The van der Waals surface area contributed by atoms with Gasteiger partial charge in [-0.15, -0.1) is 0 Å². The van der Waals surface area contributed by atoms with Crippen molar-refractivity contribution in [3.8, 4) is 0 Å². The van der Waals surface area contributed by atoms with E-state index in [-0.39, 0.29) is 0 Å². The van der Waals surface area contributed by atoms with Gasteiger partial charge in [0.2, 0.25) is 0 Å². The Balaban J connectivity index is 2.83. The summed E-state index contributed by atoms with van der Waals surface area (Å²) in [6.07, 6.45) is 1.56. The van der Waals surface area contributed by atoms with E-state index < -0.39 is 0 Å². The molecule has 1 heterocycles. The van der Waals surface area contributed by atoms with Gasteiger partial charge in [-0.25, -0.2) is 0 Å². The van der Waals surface area contributed by atoms with E-state index >= 15 is 0 Å². The second kappa shape index (κ2) is 2.10. The second-order valence-corrected chi connectivity index (χ2v) is 2.13. The number of fused-ring (bicyclic) bond motifs is 1. The summed E-state index contributed by atoms with van der Waals surface area (Å²) in [4.78, 5) is 4.09. The van der Waals surface area contributed by atoms with Gasteiger partial charge in [-0.2, -0.15) is 0 Å². The van der Waals surface area contributed by atoms with Crippen LogP contribution >= 0.6 is 0 Å². The average molecular weight is 130 g/mol. The van der Waals surface area contributed by atoms with Crippen molar-refractivity contribution in [2.24, 2.45) is 0 Å². The molecule has 48 valence electrons. The van der Waals surface area contributed by atoms with E-state index in [1.807, 2.05) is 30.3 Å². The topological polar surface area (TPSA) is 12.9 Å². The summed E-state index contributed by atoms with van der Waals surface area (Å²) in [5.41, 5.74) is 0.948. The number of rotatable bonds is 0. The lowest BCUT2D eigenvalue weighted by Crippen LogP contribution is -1.73. The normalized spacial score (nSPS) is 11.4. The molecule has 0 saturated carbocycles. The highest BCUT2D eigenvalue weighted by atomic mass is 14.6. The summed E-state index contributed by atoms with van der Waals surface area (Å²) in [7, 11) is 0. The molecule has 0 N–H and O–H groups in total. The molecule has 0 spiro atoms. The van der Waals surface area contributed by atoms with Gasteiger partial charge in [0.05, 0.1) is 6.89 Å². The van der Waals surface area contributed by atoms with Crippen LogP contribution in [0.3, 0.4) is 0 Å². The molecule has 1 aromatic heterocycles. The number of hydrogen-bond donors (Lipinski definition) is 0. The van der Waals surface area contributed by atoms with Crippen LogP contribution < -0.4 is 0 Å². The molecular formula is C9H7N. The lowest BCUT2D eigenvalue weighted by atomic mass is 10.2. The van der Waals surface area contributed by atoms with E-state index in [2.05, 4.69) is 4.98 Å². The van der Waals surface area contributed by atoms with Crippen LogP contribution in [0.5, 0.6) is 0 Å². The van der Waals surface area contributed by atoms with Gasteiger partial charge in [0.1, 0.15) is 0 Å². The van der Waals surface area contributed by atoms with Gasteiger partial charge in [-0.05, 0) is 12.1 Å². The molecule has 0 unspecified atom stereocenters. The number of pyridine rings is 1. The molecule has 1 nitrogen and oxygen atoms in total. The van der Waals surface area contributed by atoms with Gasteiger partial charge in [0.15, 0.2) is 0 Å². The molecule has 0 aliphatic heterocycles. The molecule has 0 radical (unpaired) electrons. The van der Waals surface area contributed by atoms with Crippen molar-refractivity contribution in [3.05, 3.63) is 42.6 Å². The van der Waals surface area contributed by atoms with Crippen molar-refractivity contribution in [1.82, 2.24) is 4.98 Å². The van der Waals surface area contributed by atoms with Crippen LogP contribution in [-0.4, -0.2) is 4.98 Å². The van der Waals surface area contributed by atoms with E-state index in [0.717, 1.165) is 10.9 Å². The fourth-order valence-corrected chi connectivity index (χ4v) is 0.961. The number of para-hydroxylation sites is 1. The standard InChI is InChI=1S/C9H7N/c1-2-6-9-8(4-1)5-3-7-10-9/h1-7H/i3D. The molecule has 10 heavy (non-hydrogen) atoms. The number of aromatic nitrogens is 1. The van der Waals surface area contributed by atoms with Gasteiger partial charge in [-0.3, -0.25) is 4.98 Å². The first-order valence-electron chi connectivity index (χ1n) is 3.68. The molecule has 2 rings (SSSR count). The number of hydrogen-bond acceptors (Lipinski definition) is 1. The highest BCUT2D eigenvalue weighted by molar-refractivity contribution is 5.77. The zero-order valence-electron chi connectivity index (χ0n) is 6.41. The molecule has 0 fully saturated rings. The van der Waals surface area contributed by atoms with Crippen molar-refractivity contribution in [2.75, 3.05) is 0 Å². The molecule has 1 aromatic carbocycles. The Bertz CT molecular complexity index is 384. The zero-order valence-corrected chi connectivity index (χ0v) is 5.41.